The van der Waals surface area contributed by atoms with Gasteiger partial charge in [-0.15, -0.1) is 0 Å². The number of hydrogen-bond acceptors (Lipinski definition) is 5. The molecule has 1 unspecified atom stereocenters. The van der Waals surface area contributed by atoms with Crippen LogP contribution >= 0.6 is 0 Å². The third kappa shape index (κ3) is 8.51. The fourth-order valence-corrected chi connectivity index (χ4v) is 4.22. The number of phenols is 1. The van der Waals surface area contributed by atoms with Gasteiger partial charge in [0.2, 0.25) is 11.8 Å². The molecule has 0 bridgehead atoms. The number of benzene rings is 2. The number of primary amides is 1. The third-order valence-electron chi connectivity index (χ3n) is 6.31. The molecule has 0 aliphatic carbocycles. The van der Waals surface area contributed by atoms with Crippen LogP contribution in [0.3, 0.4) is 0 Å². The first kappa shape index (κ1) is 29.7. The number of phenolic OH excluding ortho intramolecular Hbond substituents is 1. The van der Waals surface area contributed by atoms with Crippen molar-refractivity contribution in [1.82, 2.24) is 10.2 Å². The first-order valence-corrected chi connectivity index (χ1v) is 12.6. The number of rotatable bonds is 10. The van der Waals surface area contributed by atoms with Gasteiger partial charge in [-0.1, -0.05) is 30.3 Å². The van der Waals surface area contributed by atoms with Gasteiger partial charge in [0, 0.05) is 13.0 Å². The molecule has 0 heterocycles. The molecule has 2 rings (SSSR count). The molecule has 2 aromatic rings. The van der Waals surface area contributed by atoms with E-state index in [1.807, 2.05) is 44.2 Å². The van der Waals surface area contributed by atoms with E-state index in [9.17, 15) is 19.5 Å². The zero-order valence-corrected chi connectivity index (χ0v) is 23.1. The zero-order valence-electron chi connectivity index (χ0n) is 23.1. The summed E-state index contributed by atoms with van der Waals surface area (Å²) < 4.78 is 5.44. The number of hydrogen-bond donors (Lipinski definition) is 3. The standard InChI is InChI=1S/C29H41N3O5/c1-19-16-22(33)17-20(2)23(19)18-24(31-27(36)37-28(3,4)5)25(34)32(29(6,7)26(30)35)15-11-14-21-12-9-8-10-13-21/h8-10,12-13,16-17,24,33H,11,14-15,18H2,1-7H3,(H2,30,35)(H,31,36). The molecule has 0 spiro atoms. The molecule has 0 aromatic heterocycles. The Balaban J connectivity index is 2.41. The number of nitrogens with zero attached hydrogens (tertiary/aromatic N) is 1. The fraction of sp³-hybridized carbons (Fsp3) is 0.483. The van der Waals surface area contributed by atoms with Gasteiger partial charge in [-0.2, -0.15) is 0 Å². The molecule has 8 nitrogen and oxygen atoms in total. The maximum absolute atomic E-state index is 14.0. The highest BCUT2D eigenvalue weighted by Crippen LogP contribution is 2.24. The number of aromatic hydroxyl groups is 1. The Morgan fingerprint density at radius 2 is 1.59 bits per heavy atom. The molecule has 0 saturated carbocycles. The largest absolute Gasteiger partial charge is 0.508 e. The number of alkyl carbamates (subject to hydrolysis) is 1. The van der Waals surface area contributed by atoms with Crippen LogP contribution in [0.4, 0.5) is 4.79 Å². The Labute approximate surface area is 220 Å². The molecule has 37 heavy (non-hydrogen) atoms. The number of carbonyl (C=O) groups is 3. The van der Waals surface area contributed by atoms with Crippen LogP contribution in [-0.4, -0.2) is 51.6 Å². The average molecular weight is 512 g/mol. The highest BCUT2D eigenvalue weighted by atomic mass is 16.6. The molecule has 202 valence electrons. The van der Waals surface area contributed by atoms with Crippen molar-refractivity contribution in [2.75, 3.05) is 6.54 Å². The van der Waals surface area contributed by atoms with Crippen LogP contribution in [0.2, 0.25) is 0 Å². The minimum atomic E-state index is -1.29. The van der Waals surface area contributed by atoms with Gasteiger partial charge in [-0.05, 0) is 95.7 Å². The molecule has 0 fully saturated rings. The minimum absolute atomic E-state index is 0.124. The van der Waals surface area contributed by atoms with Crippen LogP contribution in [0.25, 0.3) is 0 Å². The van der Waals surface area contributed by atoms with Crippen LogP contribution in [0.1, 0.15) is 63.3 Å². The van der Waals surface area contributed by atoms with E-state index in [1.54, 1.807) is 46.8 Å². The molecular formula is C29H41N3O5. The summed E-state index contributed by atoms with van der Waals surface area (Å²) >= 11 is 0. The Morgan fingerprint density at radius 1 is 1.03 bits per heavy atom. The van der Waals surface area contributed by atoms with Crippen molar-refractivity contribution < 1.29 is 24.2 Å². The molecule has 0 radical (unpaired) electrons. The lowest BCUT2D eigenvalue weighted by molar-refractivity contribution is -0.146. The Kier molecular flexibility index (Phi) is 9.73. The quantitative estimate of drug-likeness (QED) is 0.442. The van der Waals surface area contributed by atoms with Gasteiger partial charge in [0.05, 0.1) is 0 Å². The number of ether oxygens (including phenoxy) is 1. The molecule has 0 saturated heterocycles. The number of carbonyl (C=O) groups excluding carboxylic acids is 3. The normalized spacial score (nSPS) is 12.5. The molecule has 1 atom stereocenters. The summed E-state index contributed by atoms with van der Waals surface area (Å²) in [5, 5.41) is 12.7. The molecule has 3 amide bonds. The maximum atomic E-state index is 14.0. The predicted molar refractivity (Wildman–Crippen MR) is 144 cm³/mol. The van der Waals surface area contributed by atoms with Gasteiger partial charge in [-0.3, -0.25) is 9.59 Å². The summed E-state index contributed by atoms with van der Waals surface area (Å²) in [6.07, 6.45) is 0.726. The van der Waals surface area contributed by atoms with Crippen molar-refractivity contribution in [3.8, 4) is 5.75 Å². The smallest absolute Gasteiger partial charge is 0.408 e. The summed E-state index contributed by atoms with van der Waals surface area (Å²) in [6.45, 7) is 12.4. The van der Waals surface area contributed by atoms with Crippen molar-refractivity contribution >= 4 is 17.9 Å². The van der Waals surface area contributed by atoms with E-state index in [1.165, 1.54) is 4.90 Å². The van der Waals surface area contributed by atoms with Crippen molar-refractivity contribution in [2.45, 2.75) is 84.9 Å². The summed E-state index contributed by atoms with van der Waals surface area (Å²) in [5.41, 5.74) is 7.17. The van der Waals surface area contributed by atoms with E-state index < -0.39 is 35.1 Å². The van der Waals surface area contributed by atoms with Crippen LogP contribution in [0.5, 0.6) is 5.75 Å². The average Bonchev–Trinajstić information content (AvgIpc) is 2.77. The van der Waals surface area contributed by atoms with Crippen molar-refractivity contribution in [2.24, 2.45) is 5.73 Å². The van der Waals surface area contributed by atoms with Crippen molar-refractivity contribution in [1.29, 1.82) is 0 Å². The number of aryl methyl sites for hydroxylation is 3. The second-order valence-corrected chi connectivity index (χ2v) is 11.0. The fourth-order valence-electron chi connectivity index (χ4n) is 4.22. The van der Waals surface area contributed by atoms with Crippen molar-refractivity contribution in [3.05, 3.63) is 64.7 Å². The van der Waals surface area contributed by atoms with Crippen LogP contribution < -0.4 is 11.1 Å². The predicted octanol–water partition coefficient (Wildman–Crippen LogP) is 4.17. The van der Waals surface area contributed by atoms with Gasteiger partial charge in [0.25, 0.3) is 0 Å². The lowest BCUT2D eigenvalue weighted by atomic mass is 9.93. The van der Waals surface area contributed by atoms with E-state index in [0.717, 1.165) is 22.3 Å². The van der Waals surface area contributed by atoms with Crippen molar-refractivity contribution in [3.63, 3.8) is 0 Å². The zero-order chi connectivity index (χ0) is 28.0. The first-order chi connectivity index (χ1) is 17.1. The highest BCUT2D eigenvalue weighted by Gasteiger charge is 2.40. The van der Waals surface area contributed by atoms with Gasteiger partial charge in [0.15, 0.2) is 0 Å². The second kappa shape index (κ2) is 12.1. The van der Waals surface area contributed by atoms with Gasteiger partial charge < -0.3 is 25.8 Å². The van der Waals surface area contributed by atoms with Crippen LogP contribution in [0.15, 0.2) is 42.5 Å². The topological polar surface area (TPSA) is 122 Å². The molecule has 4 N–H and O–H groups in total. The van der Waals surface area contributed by atoms with E-state index in [4.69, 9.17) is 10.5 Å². The lowest BCUT2D eigenvalue weighted by Gasteiger charge is -2.38. The monoisotopic (exact) mass is 511 g/mol. The molecule has 2 aromatic carbocycles. The van der Waals surface area contributed by atoms with Gasteiger partial charge in [-0.25, -0.2) is 4.79 Å². The summed E-state index contributed by atoms with van der Waals surface area (Å²) in [4.78, 5) is 40.7. The Morgan fingerprint density at radius 3 is 2.11 bits per heavy atom. The number of amides is 3. The summed E-state index contributed by atoms with van der Waals surface area (Å²) in [7, 11) is 0. The number of nitrogens with one attached hydrogen (secondary N) is 1. The van der Waals surface area contributed by atoms with E-state index in [-0.39, 0.29) is 18.7 Å². The number of nitrogens with two attached hydrogens (primary N) is 1. The lowest BCUT2D eigenvalue weighted by Crippen LogP contribution is -2.61. The van der Waals surface area contributed by atoms with E-state index >= 15 is 0 Å². The minimum Gasteiger partial charge on any atom is -0.508 e. The van der Waals surface area contributed by atoms with Gasteiger partial charge >= 0.3 is 6.09 Å². The molecule has 0 aliphatic heterocycles. The Bertz CT molecular complexity index is 1080. The highest BCUT2D eigenvalue weighted by molar-refractivity contribution is 5.93. The summed E-state index contributed by atoms with van der Waals surface area (Å²) in [6, 6.07) is 12.1. The van der Waals surface area contributed by atoms with Gasteiger partial charge in [0.1, 0.15) is 22.9 Å². The SMILES string of the molecule is Cc1cc(O)cc(C)c1CC(NC(=O)OC(C)(C)C)C(=O)N(CCCc1ccccc1)C(C)(C)C(N)=O. The maximum Gasteiger partial charge on any atom is 0.408 e. The van der Waals surface area contributed by atoms with E-state index in [0.29, 0.717) is 12.8 Å². The van der Waals surface area contributed by atoms with Crippen LogP contribution in [-0.2, 0) is 27.2 Å². The second-order valence-electron chi connectivity index (χ2n) is 11.0. The Hall–Kier alpha value is -3.55. The van der Waals surface area contributed by atoms with E-state index in [2.05, 4.69) is 5.32 Å². The summed E-state index contributed by atoms with van der Waals surface area (Å²) in [5.74, 6) is -0.956. The molecular weight excluding hydrogens is 470 g/mol. The molecule has 0 aliphatic rings. The van der Waals surface area contributed by atoms with Crippen LogP contribution in [0, 0.1) is 13.8 Å². The first-order valence-electron chi connectivity index (χ1n) is 12.6. The molecule has 8 heteroatoms. The third-order valence-corrected chi connectivity index (χ3v) is 6.31.